The fourth-order valence-electron chi connectivity index (χ4n) is 3.36. The molecule has 0 aromatic heterocycles. The Labute approximate surface area is 104 Å². The summed E-state index contributed by atoms with van der Waals surface area (Å²) in [5, 5.41) is 0. The standard InChI is InChI=1S/C14H23NO2/c1-3-4-13(16)12-7-11-9-15(2)6-5-10(11)8-14(12)17/h10-12H,3-9H2,1-2H3/t10-,11-,12?/m0/s1. The van der Waals surface area contributed by atoms with Crippen LogP contribution in [-0.2, 0) is 9.59 Å². The first-order chi connectivity index (χ1) is 8.11. The Kier molecular flexibility index (Phi) is 3.97. The minimum atomic E-state index is -0.275. The Bertz CT molecular complexity index is 313. The van der Waals surface area contributed by atoms with Gasteiger partial charge >= 0.3 is 0 Å². The van der Waals surface area contributed by atoms with Crippen LogP contribution in [0.15, 0.2) is 0 Å². The molecule has 2 rings (SSSR count). The number of fused-ring (bicyclic) bond motifs is 1. The van der Waals surface area contributed by atoms with E-state index < -0.39 is 0 Å². The molecule has 1 heterocycles. The summed E-state index contributed by atoms with van der Waals surface area (Å²) >= 11 is 0. The van der Waals surface area contributed by atoms with Gasteiger partial charge in [0.2, 0.25) is 0 Å². The first kappa shape index (κ1) is 12.7. The summed E-state index contributed by atoms with van der Waals surface area (Å²) < 4.78 is 0. The van der Waals surface area contributed by atoms with Gasteiger partial charge in [-0.15, -0.1) is 0 Å². The van der Waals surface area contributed by atoms with Crippen molar-refractivity contribution in [2.45, 2.75) is 39.0 Å². The maximum atomic E-state index is 12.0. The van der Waals surface area contributed by atoms with Crippen molar-refractivity contribution in [2.24, 2.45) is 17.8 Å². The molecule has 0 N–H and O–H groups in total. The zero-order valence-corrected chi connectivity index (χ0v) is 10.9. The van der Waals surface area contributed by atoms with Crippen LogP contribution in [-0.4, -0.2) is 36.6 Å². The van der Waals surface area contributed by atoms with E-state index in [4.69, 9.17) is 0 Å². The van der Waals surface area contributed by atoms with Crippen molar-refractivity contribution in [1.82, 2.24) is 4.90 Å². The molecule has 17 heavy (non-hydrogen) atoms. The zero-order chi connectivity index (χ0) is 12.4. The first-order valence-electron chi connectivity index (χ1n) is 6.85. The Morgan fingerprint density at radius 2 is 2.18 bits per heavy atom. The quantitative estimate of drug-likeness (QED) is 0.704. The molecule has 0 aromatic carbocycles. The summed E-state index contributed by atoms with van der Waals surface area (Å²) in [4.78, 5) is 26.3. The molecule has 2 aliphatic rings. The highest BCUT2D eigenvalue weighted by atomic mass is 16.1. The van der Waals surface area contributed by atoms with E-state index in [0.29, 0.717) is 24.7 Å². The molecule has 2 fully saturated rings. The Balaban J connectivity index is 2.01. The van der Waals surface area contributed by atoms with Gasteiger partial charge in [0.25, 0.3) is 0 Å². The number of nitrogens with zero attached hydrogens (tertiary/aromatic N) is 1. The third-order valence-corrected chi connectivity index (χ3v) is 4.37. The SMILES string of the molecule is CCCC(=O)C1C[C@H]2CN(C)CC[C@H]2CC1=O. The van der Waals surface area contributed by atoms with Crippen molar-refractivity contribution in [1.29, 1.82) is 0 Å². The van der Waals surface area contributed by atoms with Crippen molar-refractivity contribution in [3.63, 3.8) is 0 Å². The summed E-state index contributed by atoms with van der Waals surface area (Å²) in [7, 11) is 2.13. The van der Waals surface area contributed by atoms with Crippen LogP contribution in [0.3, 0.4) is 0 Å². The van der Waals surface area contributed by atoms with Crippen LogP contribution in [0.25, 0.3) is 0 Å². The van der Waals surface area contributed by atoms with E-state index in [1.54, 1.807) is 0 Å². The van der Waals surface area contributed by atoms with Gasteiger partial charge in [-0.3, -0.25) is 9.59 Å². The van der Waals surface area contributed by atoms with Gasteiger partial charge in [-0.25, -0.2) is 0 Å². The van der Waals surface area contributed by atoms with Gasteiger partial charge in [-0.05, 0) is 44.7 Å². The minimum absolute atomic E-state index is 0.184. The van der Waals surface area contributed by atoms with Crippen LogP contribution in [0.5, 0.6) is 0 Å². The minimum Gasteiger partial charge on any atom is -0.306 e. The van der Waals surface area contributed by atoms with E-state index >= 15 is 0 Å². The highest BCUT2D eigenvalue weighted by Crippen LogP contribution is 2.37. The molecule has 0 spiro atoms. The van der Waals surface area contributed by atoms with Crippen molar-refractivity contribution in [3.8, 4) is 0 Å². The van der Waals surface area contributed by atoms with Crippen LogP contribution in [0, 0.1) is 17.8 Å². The number of Topliss-reactive ketones (excluding diaryl/α,β-unsaturated/α-hetero) is 2. The lowest BCUT2D eigenvalue weighted by atomic mass is 9.69. The first-order valence-corrected chi connectivity index (χ1v) is 6.85. The molecule has 3 nitrogen and oxygen atoms in total. The molecule has 1 aliphatic heterocycles. The molecule has 1 unspecified atom stereocenters. The maximum Gasteiger partial charge on any atom is 0.143 e. The zero-order valence-electron chi connectivity index (χ0n) is 10.9. The van der Waals surface area contributed by atoms with E-state index in [1.807, 2.05) is 6.92 Å². The monoisotopic (exact) mass is 237 g/mol. The van der Waals surface area contributed by atoms with Crippen molar-refractivity contribution >= 4 is 11.6 Å². The molecular weight excluding hydrogens is 214 g/mol. The number of ketones is 2. The van der Waals surface area contributed by atoms with Crippen LogP contribution in [0.4, 0.5) is 0 Å². The summed E-state index contributed by atoms with van der Waals surface area (Å²) in [5.74, 6) is 1.24. The second kappa shape index (κ2) is 5.30. The largest absolute Gasteiger partial charge is 0.306 e. The van der Waals surface area contributed by atoms with Crippen molar-refractivity contribution < 1.29 is 9.59 Å². The lowest BCUT2D eigenvalue weighted by Gasteiger charge is -2.41. The highest BCUT2D eigenvalue weighted by Gasteiger charge is 2.40. The van der Waals surface area contributed by atoms with Crippen molar-refractivity contribution in [3.05, 3.63) is 0 Å². The Morgan fingerprint density at radius 3 is 2.88 bits per heavy atom. The van der Waals surface area contributed by atoms with Crippen LogP contribution >= 0.6 is 0 Å². The predicted octanol–water partition coefficient (Wildman–Crippen LogP) is 1.90. The predicted molar refractivity (Wildman–Crippen MR) is 66.7 cm³/mol. The topological polar surface area (TPSA) is 37.4 Å². The molecule has 3 heteroatoms. The van der Waals surface area contributed by atoms with E-state index in [2.05, 4.69) is 11.9 Å². The number of carbonyl (C=O) groups excluding carboxylic acids is 2. The van der Waals surface area contributed by atoms with Crippen molar-refractivity contribution in [2.75, 3.05) is 20.1 Å². The lowest BCUT2D eigenvalue weighted by molar-refractivity contribution is -0.138. The molecule has 3 atom stereocenters. The number of carbonyl (C=O) groups is 2. The molecule has 0 radical (unpaired) electrons. The number of hydrogen-bond donors (Lipinski definition) is 0. The van der Waals surface area contributed by atoms with Crippen LogP contribution in [0.1, 0.15) is 39.0 Å². The average molecular weight is 237 g/mol. The molecule has 0 bridgehead atoms. The normalized spacial score (nSPS) is 34.5. The molecular formula is C14H23NO2. The maximum absolute atomic E-state index is 12.0. The summed E-state index contributed by atoms with van der Waals surface area (Å²) in [6, 6.07) is 0. The van der Waals surface area contributed by atoms with Gasteiger partial charge in [0.1, 0.15) is 11.6 Å². The third-order valence-electron chi connectivity index (χ3n) is 4.37. The second-order valence-electron chi connectivity index (χ2n) is 5.75. The van der Waals surface area contributed by atoms with Gasteiger partial charge in [-0.1, -0.05) is 6.92 Å². The Hall–Kier alpha value is -0.700. The van der Waals surface area contributed by atoms with E-state index in [0.717, 1.165) is 32.4 Å². The number of hydrogen-bond acceptors (Lipinski definition) is 3. The van der Waals surface area contributed by atoms with Crippen LogP contribution in [0.2, 0.25) is 0 Å². The van der Waals surface area contributed by atoms with E-state index in [-0.39, 0.29) is 17.5 Å². The molecule has 1 aliphatic carbocycles. The highest BCUT2D eigenvalue weighted by molar-refractivity contribution is 6.02. The number of likely N-dealkylation sites (tertiary alicyclic amines) is 1. The van der Waals surface area contributed by atoms with Gasteiger partial charge < -0.3 is 4.90 Å². The smallest absolute Gasteiger partial charge is 0.143 e. The summed E-state index contributed by atoms with van der Waals surface area (Å²) in [5.41, 5.74) is 0. The fourth-order valence-corrected chi connectivity index (χ4v) is 3.36. The second-order valence-corrected chi connectivity index (χ2v) is 5.75. The molecule has 1 saturated carbocycles. The molecule has 0 aromatic rings. The van der Waals surface area contributed by atoms with E-state index in [9.17, 15) is 9.59 Å². The Morgan fingerprint density at radius 1 is 1.41 bits per heavy atom. The van der Waals surface area contributed by atoms with Crippen LogP contribution < -0.4 is 0 Å². The van der Waals surface area contributed by atoms with Gasteiger partial charge in [0.05, 0.1) is 5.92 Å². The molecule has 96 valence electrons. The van der Waals surface area contributed by atoms with Gasteiger partial charge in [0, 0.05) is 19.4 Å². The van der Waals surface area contributed by atoms with Gasteiger partial charge in [0.15, 0.2) is 0 Å². The van der Waals surface area contributed by atoms with E-state index in [1.165, 1.54) is 0 Å². The molecule has 0 amide bonds. The summed E-state index contributed by atoms with van der Waals surface area (Å²) in [6.07, 6.45) is 4.02. The number of rotatable bonds is 3. The number of piperidine rings is 1. The van der Waals surface area contributed by atoms with Gasteiger partial charge in [-0.2, -0.15) is 0 Å². The lowest BCUT2D eigenvalue weighted by Crippen LogP contribution is -2.45. The molecule has 1 saturated heterocycles. The summed E-state index contributed by atoms with van der Waals surface area (Å²) in [6.45, 7) is 4.16. The fraction of sp³-hybridized carbons (Fsp3) is 0.857. The third kappa shape index (κ3) is 2.76. The average Bonchev–Trinajstić information content (AvgIpc) is 2.29.